The number of rotatable bonds is 4. The minimum Gasteiger partial charge on any atom is -0.480 e. The van der Waals surface area contributed by atoms with E-state index in [0.29, 0.717) is 30.2 Å². The minimum atomic E-state index is -0.928. The number of benzene rings is 1. The number of nitrogens with zero attached hydrogens (tertiary/aromatic N) is 1. The molecule has 102 valence electrons. The molecule has 1 fully saturated rings. The topological polar surface area (TPSA) is 83.6 Å². The van der Waals surface area contributed by atoms with Gasteiger partial charge in [-0.3, -0.25) is 4.79 Å². The molecule has 1 aliphatic heterocycles. The molecule has 2 rings (SSSR count). The Morgan fingerprint density at radius 1 is 1.47 bits per heavy atom. The smallest absolute Gasteiger partial charge is 0.327 e. The summed E-state index contributed by atoms with van der Waals surface area (Å²) in [4.78, 5) is 24.5. The summed E-state index contributed by atoms with van der Waals surface area (Å²) < 4.78 is 0. The van der Waals surface area contributed by atoms with Crippen molar-refractivity contribution in [3.8, 4) is 0 Å². The molecule has 0 bridgehead atoms. The van der Waals surface area contributed by atoms with Crippen LogP contribution in [0.25, 0.3) is 0 Å². The average Bonchev–Trinajstić information content (AvgIpc) is 2.85. The third-order valence-corrected chi connectivity index (χ3v) is 4.08. The molecule has 6 heteroatoms. The number of amides is 1. The van der Waals surface area contributed by atoms with Crippen molar-refractivity contribution in [1.82, 2.24) is 4.90 Å². The van der Waals surface area contributed by atoms with Crippen LogP contribution in [0, 0.1) is 0 Å². The molecule has 1 heterocycles. The van der Waals surface area contributed by atoms with Gasteiger partial charge in [-0.1, -0.05) is 12.1 Å². The Balaban J connectivity index is 1.92. The Bertz CT molecular complexity index is 493. The molecule has 1 aromatic carbocycles. The Morgan fingerprint density at radius 2 is 2.26 bits per heavy atom. The van der Waals surface area contributed by atoms with Gasteiger partial charge in [0.25, 0.3) is 0 Å². The van der Waals surface area contributed by atoms with Crippen molar-refractivity contribution in [2.45, 2.75) is 18.9 Å². The molecule has 0 spiro atoms. The van der Waals surface area contributed by atoms with Crippen molar-refractivity contribution in [2.75, 3.05) is 17.4 Å². The van der Waals surface area contributed by atoms with Crippen LogP contribution < -0.4 is 5.73 Å². The fraction of sp³-hybridized carbons (Fsp3) is 0.385. The lowest BCUT2D eigenvalue weighted by Crippen LogP contribution is -2.41. The third-order valence-electron chi connectivity index (χ3n) is 3.07. The number of hydrogen-bond donors (Lipinski definition) is 2. The summed E-state index contributed by atoms with van der Waals surface area (Å²) >= 11 is 1.48. The Labute approximate surface area is 115 Å². The SMILES string of the molecule is Nc1cccc(CCC(=O)N2CSCC2C(=O)O)c1. The van der Waals surface area contributed by atoms with E-state index in [-0.39, 0.29) is 5.91 Å². The second-order valence-electron chi connectivity index (χ2n) is 4.46. The van der Waals surface area contributed by atoms with Gasteiger partial charge in [0, 0.05) is 17.9 Å². The first-order valence-corrected chi connectivity index (χ1v) is 7.18. The minimum absolute atomic E-state index is 0.111. The Hall–Kier alpha value is -1.69. The first kappa shape index (κ1) is 13.7. The number of carbonyl (C=O) groups is 2. The highest BCUT2D eigenvalue weighted by molar-refractivity contribution is 7.99. The van der Waals surface area contributed by atoms with Crippen molar-refractivity contribution >= 4 is 29.3 Å². The molecule has 1 saturated heterocycles. The molecule has 1 aliphatic rings. The summed E-state index contributed by atoms with van der Waals surface area (Å²) in [7, 11) is 0. The predicted octanol–water partition coefficient (Wildman–Crippen LogP) is 1.19. The van der Waals surface area contributed by atoms with Gasteiger partial charge in [-0.25, -0.2) is 4.79 Å². The zero-order valence-corrected chi connectivity index (χ0v) is 11.2. The van der Waals surface area contributed by atoms with Crippen LogP contribution in [-0.4, -0.2) is 39.6 Å². The van der Waals surface area contributed by atoms with E-state index in [4.69, 9.17) is 10.8 Å². The second-order valence-corrected chi connectivity index (χ2v) is 5.46. The maximum absolute atomic E-state index is 12.0. The zero-order valence-electron chi connectivity index (χ0n) is 10.4. The molecule has 0 aliphatic carbocycles. The molecule has 5 nitrogen and oxygen atoms in total. The highest BCUT2D eigenvalue weighted by Gasteiger charge is 2.33. The summed E-state index contributed by atoms with van der Waals surface area (Å²) in [5.41, 5.74) is 7.34. The lowest BCUT2D eigenvalue weighted by atomic mass is 10.1. The average molecular weight is 280 g/mol. The maximum Gasteiger partial charge on any atom is 0.327 e. The van der Waals surface area contributed by atoms with E-state index in [9.17, 15) is 9.59 Å². The largest absolute Gasteiger partial charge is 0.480 e. The molecule has 0 aromatic heterocycles. The molecule has 1 unspecified atom stereocenters. The summed E-state index contributed by atoms with van der Waals surface area (Å²) in [6.45, 7) is 0. The lowest BCUT2D eigenvalue weighted by molar-refractivity contribution is -0.147. The van der Waals surface area contributed by atoms with Crippen LogP contribution in [0.1, 0.15) is 12.0 Å². The molecule has 0 saturated carbocycles. The van der Waals surface area contributed by atoms with Crippen LogP contribution in [0.4, 0.5) is 5.69 Å². The molecule has 0 radical (unpaired) electrons. The molecule has 1 amide bonds. The third kappa shape index (κ3) is 3.41. The first-order chi connectivity index (χ1) is 9.08. The molecular weight excluding hydrogens is 264 g/mol. The predicted molar refractivity (Wildman–Crippen MR) is 74.8 cm³/mol. The number of anilines is 1. The number of nitrogen functional groups attached to an aromatic ring is 1. The van der Waals surface area contributed by atoms with Crippen molar-refractivity contribution < 1.29 is 14.7 Å². The van der Waals surface area contributed by atoms with Gasteiger partial charge in [0.2, 0.25) is 5.91 Å². The van der Waals surface area contributed by atoms with E-state index in [1.165, 1.54) is 16.7 Å². The van der Waals surface area contributed by atoms with Crippen LogP contribution in [-0.2, 0) is 16.0 Å². The maximum atomic E-state index is 12.0. The summed E-state index contributed by atoms with van der Waals surface area (Å²) in [5, 5.41) is 9.03. The first-order valence-electron chi connectivity index (χ1n) is 6.02. The van der Waals surface area contributed by atoms with Crippen LogP contribution in [0.3, 0.4) is 0 Å². The van der Waals surface area contributed by atoms with E-state index >= 15 is 0 Å². The number of carbonyl (C=O) groups excluding carboxylic acids is 1. The highest BCUT2D eigenvalue weighted by Crippen LogP contribution is 2.22. The van der Waals surface area contributed by atoms with Crippen molar-refractivity contribution in [1.29, 1.82) is 0 Å². The number of hydrogen-bond acceptors (Lipinski definition) is 4. The normalized spacial score (nSPS) is 18.5. The van der Waals surface area contributed by atoms with Crippen LogP contribution in [0.15, 0.2) is 24.3 Å². The van der Waals surface area contributed by atoms with E-state index in [0.717, 1.165) is 5.56 Å². The standard InChI is InChI=1S/C13H16N2O3S/c14-10-3-1-2-9(6-10)4-5-12(16)15-8-19-7-11(15)13(17)18/h1-3,6,11H,4-5,7-8,14H2,(H,17,18). The van der Waals surface area contributed by atoms with Crippen LogP contribution in [0.2, 0.25) is 0 Å². The van der Waals surface area contributed by atoms with Gasteiger partial charge in [-0.05, 0) is 24.1 Å². The van der Waals surface area contributed by atoms with Gasteiger partial charge >= 0.3 is 5.97 Å². The van der Waals surface area contributed by atoms with Crippen molar-refractivity contribution in [3.05, 3.63) is 29.8 Å². The lowest BCUT2D eigenvalue weighted by Gasteiger charge is -2.20. The van der Waals surface area contributed by atoms with Gasteiger partial charge in [0.1, 0.15) is 6.04 Å². The van der Waals surface area contributed by atoms with Gasteiger partial charge in [-0.15, -0.1) is 11.8 Å². The van der Waals surface area contributed by atoms with Crippen molar-refractivity contribution in [3.63, 3.8) is 0 Å². The number of aryl methyl sites for hydroxylation is 1. The number of nitrogens with two attached hydrogens (primary N) is 1. The van der Waals surface area contributed by atoms with E-state index < -0.39 is 12.0 Å². The zero-order chi connectivity index (χ0) is 13.8. The summed E-state index contributed by atoms with van der Waals surface area (Å²) in [6, 6.07) is 6.71. The van der Waals surface area contributed by atoms with Gasteiger partial charge in [-0.2, -0.15) is 0 Å². The Morgan fingerprint density at radius 3 is 2.95 bits per heavy atom. The van der Waals surface area contributed by atoms with Gasteiger partial charge in [0.15, 0.2) is 0 Å². The number of carboxylic acid groups (broad SMARTS) is 1. The number of carboxylic acids is 1. The molecule has 3 N–H and O–H groups in total. The molecule has 1 aromatic rings. The van der Waals surface area contributed by atoms with E-state index in [2.05, 4.69) is 0 Å². The highest BCUT2D eigenvalue weighted by atomic mass is 32.2. The van der Waals surface area contributed by atoms with Gasteiger partial charge in [0.05, 0.1) is 5.88 Å². The molecular formula is C13H16N2O3S. The van der Waals surface area contributed by atoms with Gasteiger partial charge < -0.3 is 15.7 Å². The fourth-order valence-corrected chi connectivity index (χ4v) is 3.21. The summed E-state index contributed by atoms with van der Waals surface area (Å²) in [6.07, 6.45) is 0.894. The monoisotopic (exact) mass is 280 g/mol. The number of aliphatic carboxylic acids is 1. The van der Waals surface area contributed by atoms with E-state index in [1.54, 1.807) is 6.07 Å². The van der Waals surface area contributed by atoms with Crippen LogP contribution in [0.5, 0.6) is 0 Å². The second kappa shape index (κ2) is 5.97. The van der Waals surface area contributed by atoms with Crippen LogP contribution >= 0.6 is 11.8 Å². The number of thioether (sulfide) groups is 1. The Kier molecular flexibility index (Phi) is 4.31. The molecule has 19 heavy (non-hydrogen) atoms. The van der Waals surface area contributed by atoms with Crippen molar-refractivity contribution in [2.24, 2.45) is 0 Å². The molecule has 1 atom stereocenters. The quantitative estimate of drug-likeness (QED) is 0.809. The fourth-order valence-electron chi connectivity index (χ4n) is 2.04. The van der Waals surface area contributed by atoms with E-state index in [1.807, 2.05) is 18.2 Å². The summed E-state index contributed by atoms with van der Waals surface area (Å²) in [5.74, 6) is -0.103.